The van der Waals surface area contributed by atoms with Crippen molar-refractivity contribution in [3.05, 3.63) is 36.8 Å². The van der Waals surface area contributed by atoms with E-state index in [1.807, 2.05) is 6.07 Å². The Morgan fingerprint density at radius 1 is 1.16 bits per heavy atom. The zero-order valence-electron chi connectivity index (χ0n) is 20.6. The molecule has 1 aliphatic heterocycles. The average Bonchev–Trinajstić information content (AvgIpc) is 3.36. The van der Waals surface area contributed by atoms with Crippen LogP contribution in [0.2, 0.25) is 0 Å². The summed E-state index contributed by atoms with van der Waals surface area (Å²) in [4.78, 5) is 6.52. The lowest BCUT2D eigenvalue weighted by Gasteiger charge is -2.26. The number of anilines is 1. The van der Waals surface area contributed by atoms with Crippen LogP contribution in [0.5, 0.6) is 5.75 Å². The van der Waals surface area contributed by atoms with Crippen molar-refractivity contribution in [1.29, 1.82) is 0 Å². The second kappa shape index (κ2) is 9.80. The van der Waals surface area contributed by atoms with Gasteiger partial charge in [0.25, 0.3) is 0 Å². The van der Waals surface area contributed by atoms with E-state index in [2.05, 4.69) is 51.3 Å². The first-order valence-corrected chi connectivity index (χ1v) is 9.61. The van der Waals surface area contributed by atoms with Gasteiger partial charge in [-0.05, 0) is 45.4 Å². The molecule has 0 aromatic carbocycles. The Morgan fingerprint density at radius 3 is 2.58 bits per heavy atom. The van der Waals surface area contributed by atoms with Gasteiger partial charge in [0.05, 0.1) is 6.20 Å². The Balaban J connectivity index is 0.00000204. The Bertz CT molecular complexity index is 1100. The fourth-order valence-corrected chi connectivity index (χ4v) is 3.60. The lowest BCUT2D eigenvalue weighted by Crippen LogP contribution is -2.45. The molecule has 31 heavy (non-hydrogen) atoms. The molecule has 3 aromatic rings. The molecule has 0 radical (unpaired) electrons. The molecule has 1 fully saturated rings. The predicted molar refractivity (Wildman–Crippen MR) is 127 cm³/mol. The number of nitrogens with zero attached hydrogens (tertiary/aromatic N) is 6. The van der Waals surface area contributed by atoms with Crippen molar-refractivity contribution in [3.8, 4) is 28.3 Å². The molecule has 3 aromatic heterocycles. The van der Waals surface area contributed by atoms with Gasteiger partial charge in [0, 0.05) is 59.3 Å². The van der Waals surface area contributed by atoms with Gasteiger partial charge in [0.15, 0.2) is 5.82 Å². The summed E-state index contributed by atoms with van der Waals surface area (Å²) in [6, 6.07) is 5.60. The zero-order valence-corrected chi connectivity index (χ0v) is 19.2. The van der Waals surface area contributed by atoms with E-state index in [4.69, 9.17) is 4.11 Å². The summed E-state index contributed by atoms with van der Waals surface area (Å²) in [7, 11) is 0. The maximum absolute atomic E-state index is 10.5. The molecule has 0 amide bonds. The van der Waals surface area contributed by atoms with Gasteiger partial charge in [0.1, 0.15) is 17.1 Å². The second-order valence-corrected chi connectivity index (χ2v) is 8.37. The van der Waals surface area contributed by atoms with E-state index < -0.39 is 6.98 Å². The summed E-state index contributed by atoms with van der Waals surface area (Å²) >= 11 is 0. The van der Waals surface area contributed by atoms with E-state index in [9.17, 15) is 5.11 Å². The highest BCUT2D eigenvalue weighted by Crippen LogP contribution is 2.30. The predicted octanol–water partition coefficient (Wildman–Crippen LogP) is 3.46. The van der Waals surface area contributed by atoms with Crippen molar-refractivity contribution in [2.24, 2.45) is 6.98 Å². The number of rotatable bonds is 4. The van der Waals surface area contributed by atoms with Gasteiger partial charge < -0.3 is 15.3 Å². The fourth-order valence-electron chi connectivity index (χ4n) is 3.60. The maximum Gasteiger partial charge on any atom is 0.151 e. The van der Waals surface area contributed by atoms with Crippen LogP contribution in [-0.2, 0) is 6.98 Å². The van der Waals surface area contributed by atoms with Crippen LogP contribution in [0.15, 0.2) is 36.8 Å². The maximum atomic E-state index is 10.5. The third kappa shape index (κ3) is 5.84. The zero-order chi connectivity index (χ0) is 23.1. The average molecular weight is 469 g/mol. The summed E-state index contributed by atoms with van der Waals surface area (Å²) in [5.74, 6) is 0.724. The number of hydrogen-bond acceptors (Lipinski definition) is 7. The van der Waals surface area contributed by atoms with E-state index in [0.29, 0.717) is 28.6 Å². The van der Waals surface area contributed by atoms with Gasteiger partial charge in [-0.15, -0.1) is 35.0 Å². The summed E-state index contributed by atoms with van der Waals surface area (Å²) < 4.78 is 23.1. The number of hydrogen-bond donors (Lipinski definition) is 2. The molecule has 2 N–H and O–H groups in total. The molecular weight excluding hydrogens is 437 g/mol. The van der Waals surface area contributed by atoms with Gasteiger partial charge in [-0.1, -0.05) is 0 Å². The van der Waals surface area contributed by atoms with E-state index in [0.717, 1.165) is 30.0 Å². The minimum Gasteiger partial charge on any atom is -0.506 e. The first kappa shape index (κ1) is 20.5. The van der Waals surface area contributed by atoms with Crippen LogP contribution in [0.1, 0.15) is 31.3 Å². The Morgan fingerprint density at radius 2 is 1.97 bits per heavy atom. The lowest BCUT2D eigenvalue weighted by atomic mass is 10.1. The number of aromatic hydroxyl groups is 1. The third-order valence-electron chi connectivity index (χ3n) is 4.83. The molecule has 0 saturated carbocycles. The highest BCUT2D eigenvalue weighted by Gasteiger charge is 2.26. The molecule has 1 atom stereocenters. The molecular formula is C21H29Cl2N7O. The van der Waals surface area contributed by atoms with Crippen LogP contribution >= 0.6 is 24.8 Å². The molecule has 168 valence electrons. The van der Waals surface area contributed by atoms with Crippen molar-refractivity contribution in [2.75, 3.05) is 18.0 Å². The smallest absolute Gasteiger partial charge is 0.151 e. The monoisotopic (exact) mass is 468 g/mol. The Labute approximate surface area is 199 Å². The summed E-state index contributed by atoms with van der Waals surface area (Å²) in [5, 5.41) is 26.6. The van der Waals surface area contributed by atoms with Crippen LogP contribution in [0.4, 0.5) is 5.82 Å². The first-order chi connectivity index (χ1) is 15.0. The second-order valence-electron chi connectivity index (χ2n) is 8.37. The molecule has 1 unspecified atom stereocenters. The van der Waals surface area contributed by atoms with E-state index >= 15 is 0 Å². The normalized spacial score (nSPS) is 17.8. The largest absolute Gasteiger partial charge is 0.506 e. The summed E-state index contributed by atoms with van der Waals surface area (Å²) in [6.45, 7) is 5.90. The molecule has 0 spiro atoms. The quantitative estimate of drug-likeness (QED) is 0.605. The summed E-state index contributed by atoms with van der Waals surface area (Å²) in [6.07, 6.45) is 5.42. The van der Waals surface area contributed by atoms with Crippen LogP contribution < -0.4 is 10.2 Å². The Hall–Kier alpha value is -2.42. The van der Waals surface area contributed by atoms with E-state index in [1.54, 1.807) is 12.3 Å². The first-order valence-electron chi connectivity index (χ1n) is 11.1. The molecule has 0 aliphatic carbocycles. The van der Waals surface area contributed by atoms with E-state index in [1.165, 1.54) is 18.5 Å². The van der Waals surface area contributed by atoms with Crippen LogP contribution in [0.3, 0.4) is 0 Å². The molecule has 8 nitrogen and oxygen atoms in total. The van der Waals surface area contributed by atoms with Crippen molar-refractivity contribution < 1.29 is 9.22 Å². The molecule has 1 saturated heterocycles. The van der Waals surface area contributed by atoms with Gasteiger partial charge in [-0.25, -0.2) is 4.98 Å². The molecule has 4 rings (SSSR count). The van der Waals surface area contributed by atoms with Gasteiger partial charge in [-0.3, -0.25) is 4.68 Å². The number of aryl methyl sites for hydroxylation is 1. The minimum atomic E-state index is -2.36. The topological polar surface area (TPSA) is 92.0 Å². The van der Waals surface area contributed by atoms with Crippen molar-refractivity contribution >= 4 is 30.6 Å². The SMILES string of the molecule is Cl.Cl.[2H]C([2H])([2H])n1cc(-c2cnc(-c3ccc(N4CCC(NC(C)(C)C)C4)nn3)c(O)c2)cn1. The third-order valence-corrected chi connectivity index (χ3v) is 4.83. The highest BCUT2D eigenvalue weighted by atomic mass is 35.5. The van der Waals surface area contributed by atoms with Gasteiger partial charge in [0.2, 0.25) is 0 Å². The minimum absolute atomic E-state index is 0. The van der Waals surface area contributed by atoms with Gasteiger partial charge >= 0.3 is 0 Å². The van der Waals surface area contributed by atoms with E-state index in [-0.39, 0.29) is 36.1 Å². The number of nitrogens with one attached hydrogen (secondary N) is 1. The number of halogens is 2. The van der Waals surface area contributed by atoms with Crippen molar-refractivity contribution in [3.63, 3.8) is 0 Å². The standard InChI is InChI=1S/C21H27N7O.2ClH/c1-21(2,3)24-16-7-8-28(13-16)19-6-5-17(25-26-19)20-18(29)9-14(10-22-20)15-11-23-27(4)12-15;;/h5-6,9-12,16,24,29H,7-8,13H2,1-4H3;2*1H/i4D3;;. The molecule has 4 heterocycles. The fraction of sp³-hybridized carbons (Fsp3) is 0.429. The molecule has 1 aliphatic rings. The Kier molecular flexibility index (Phi) is 6.48. The molecule has 10 heteroatoms. The van der Waals surface area contributed by atoms with Gasteiger partial charge in [-0.2, -0.15) is 5.10 Å². The van der Waals surface area contributed by atoms with Crippen molar-refractivity contribution in [2.45, 2.75) is 38.8 Å². The van der Waals surface area contributed by atoms with Crippen LogP contribution in [0.25, 0.3) is 22.5 Å². The lowest BCUT2D eigenvalue weighted by molar-refractivity contribution is 0.373. The van der Waals surface area contributed by atoms with Crippen LogP contribution in [0, 0.1) is 0 Å². The summed E-state index contributed by atoms with van der Waals surface area (Å²) in [5.41, 5.74) is 1.94. The number of aromatic nitrogens is 5. The number of pyridine rings is 1. The van der Waals surface area contributed by atoms with Crippen molar-refractivity contribution in [1.82, 2.24) is 30.3 Å². The van der Waals surface area contributed by atoms with Crippen LogP contribution in [-0.4, -0.2) is 54.7 Å². The molecule has 0 bridgehead atoms. The highest BCUT2D eigenvalue weighted by molar-refractivity contribution is 5.85.